The van der Waals surface area contributed by atoms with Crippen LogP contribution in [0.5, 0.6) is 0 Å². The van der Waals surface area contributed by atoms with Gasteiger partial charge in [0.2, 0.25) is 5.78 Å². The number of hydrogen-bond donors (Lipinski definition) is 1. The van der Waals surface area contributed by atoms with E-state index in [1.165, 1.54) is 12.3 Å². The quantitative estimate of drug-likeness (QED) is 0.506. The van der Waals surface area contributed by atoms with Gasteiger partial charge in [0.05, 0.1) is 24.4 Å². The summed E-state index contributed by atoms with van der Waals surface area (Å²) in [4.78, 5) is 12.3. The van der Waals surface area contributed by atoms with Crippen molar-refractivity contribution >= 4 is 29.1 Å². The largest absolute Gasteiger partial charge is 0.399 e. The number of nitrogens with zero attached hydrogens (tertiary/aromatic N) is 2. The summed E-state index contributed by atoms with van der Waals surface area (Å²) in [5, 5.41) is 4.41. The Hall–Kier alpha value is -2.11. The molecule has 0 radical (unpaired) electrons. The summed E-state index contributed by atoms with van der Waals surface area (Å²) in [6.45, 7) is 0.931. The highest BCUT2D eigenvalue weighted by Gasteiger charge is 2.14. The van der Waals surface area contributed by atoms with Gasteiger partial charge >= 0.3 is 0 Å². The van der Waals surface area contributed by atoms with Crippen molar-refractivity contribution < 1.29 is 9.53 Å². The fourth-order valence-corrected chi connectivity index (χ4v) is 2.05. The Kier molecular flexibility index (Phi) is 5.14. The van der Waals surface area contributed by atoms with E-state index < -0.39 is 0 Å². The summed E-state index contributed by atoms with van der Waals surface area (Å²) in [7, 11) is 1.59. The molecular weight excluding hydrogens is 290 g/mol. The number of rotatable bonds is 6. The zero-order valence-electron chi connectivity index (χ0n) is 11.6. The van der Waals surface area contributed by atoms with Crippen LogP contribution in [-0.4, -0.2) is 29.3 Å². The number of allylic oxidation sites excluding steroid dienone is 1. The highest BCUT2D eigenvalue weighted by Crippen LogP contribution is 2.17. The normalized spacial score (nSPS) is 11.1. The van der Waals surface area contributed by atoms with Crippen LogP contribution in [0.2, 0.25) is 5.02 Å². The smallest absolute Gasteiger partial charge is 0.205 e. The summed E-state index contributed by atoms with van der Waals surface area (Å²) in [5.41, 5.74) is 7.54. The van der Waals surface area contributed by atoms with E-state index in [1.54, 1.807) is 30.0 Å². The molecule has 0 spiro atoms. The van der Waals surface area contributed by atoms with Crippen LogP contribution in [0.3, 0.4) is 0 Å². The second kappa shape index (κ2) is 7.06. The van der Waals surface area contributed by atoms with Crippen molar-refractivity contribution in [1.82, 2.24) is 9.78 Å². The van der Waals surface area contributed by atoms with E-state index in [9.17, 15) is 4.79 Å². The SMILES string of the molecule is COCCn1ncc(Cl)c1C(=O)/C=C/c1ccc(N)cc1. The van der Waals surface area contributed by atoms with Crippen molar-refractivity contribution in [3.63, 3.8) is 0 Å². The Balaban J connectivity index is 2.16. The highest BCUT2D eigenvalue weighted by atomic mass is 35.5. The molecule has 0 amide bonds. The number of ether oxygens (including phenoxy) is 1. The lowest BCUT2D eigenvalue weighted by atomic mass is 10.1. The minimum Gasteiger partial charge on any atom is -0.399 e. The summed E-state index contributed by atoms with van der Waals surface area (Å²) < 4.78 is 6.53. The number of ketones is 1. The molecular formula is C15H16ClN3O2. The molecule has 0 aliphatic carbocycles. The van der Waals surface area contributed by atoms with Crippen molar-refractivity contribution in [2.24, 2.45) is 0 Å². The van der Waals surface area contributed by atoms with E-state index >= 15 is 0 Å². The van der Waals surface area contributed by atoms with Gasteiger partial charge in [-0.25, -0.2) is 0 Å². The van der Waals surface area contributed by atoms with Crippen LogP contribution in [0.15, 0.2) is 36.5 Å². The highest BCUT2D eigenvalue weighted by molar-refractivity contribution is 6.34. The van der Waals surface area contributed by atoms with Gasteiger partial charge in [-0.3, -0.25) is 9.48 Å². The molecule has 110 valence electrons. The molecule has 1 heterocycles. The van der Waals surface area contributed by atoms with Crippen LogP contribution in [0.1, 0.15) is 16.1 Å². The number of carbonyl (C=O) groups excluding carboxylic acids is 1. The molecule has 0 atom stereocenters. The number of nitrogen functional groups attached to an aromatic ring is 1. The van der Waals surface area contributed by atoms with Gasteiger partial charge < -0.3 is 10.5 Å². The third kappa shape index (κ3) is 3.93. The van der Waals surface area contributed by atoms with Crippen molar-refractivity contribution in [3.8, 4) is 0 Å². The maximum Gasteiger partial charge on any atom is 0.205 e. The van der Waals surface area contributed by atoms with Crippen LogP contribution in [0.4, 0.5) is 5.69 Å². The van der Waals surface area contributed by atoms with Gasteiger partial charge in [-0.1, -0.05) is 29.8 Å². The monoisotopic (exact) mass is 305 g/mol. The Morgan fingerprint density at radius 1 is 1.43 bits per heavy atom. The van der Waals surface area contributed by atoms with E-state index in [4.69, 9.17) is 22.1 Å². The number of halogens is 1. The lowest BCUT2D eigenvalue weighted by Gasteiger charge is -2.04. The molecule has 0 saturated heterocycles. The van der Waals surface area contributed by atoms with E-state index in [2.05, 4.69) is 5.10 Å². The molecule has 0 fully saturated rings. The van der Waals surface area contributed by atoms with Crippen LogP contribution < -0.4 is 5.73 Å². The first kappa shape index (κ1) is 15.3. The third-order valence-corrected chi connectivity index (χ3v) is 3.18. The minimum atomic E-state index is -0.203. The Morgan fingerprint density at radius 2 is 2.14 bits per heavy atom. The Bertz CT molecular complexity index is 647. The topological polar surface area (TPSA) is 70.1 Å². The first-order valence-corrected chi connectivity index (χ1v) is 6.78. The summed E-state index contributed by atoms with van der Waals surface area (Å²) in [6.07, 6.45) is 4.64. The molecule has 0 bridgehead atoms. The van der Waals surface area contributed by atoms with Crippen LogP contribution in [-0.2, 0) is 11.3 Å². The molecule has 21 heavy (non-hydrogen) atoms. The third-order valence-electron chi connectivity index (χ3n) is 2.90. The van der Waals surface area contributed by atoms with Crippen LogP contribution in [0.25, 0.3) is 6.08 Å². The fourth-order valence-electron chi connectivity index (χ4n) is 1.81. The number of aromatic nitrogens is 2. The van der Waals surface area contributed by atoms with Gasteiger partial charge in [-0.05, 0) is 23.8 Å². The maximum atomic E-state index is 12.3. The molecule has 2 rings (SSSR count). The number of anilines is 1. The van der Waals surface area contributed by atoms with Crippen LogP contribution in [0, 0.1) is 0 Å². The molecule has 0 aliphatic rings. The predicted molar refractivity (Wildman–Crippen MR) is 83.3 cm³/mol. The second-order valence-electron chi connectivity index (χ2n) is 4.42. The second-order valence-corrected chi connectivity index (χ2v) is 4.83. The van der Waals surface area contributed by atoms with E-state index in [0.717, 1.165) is 5.56 Å². The van der Waals surface area contributed by atoms with Gasteiger partial charge in [0.1, 0.15) is 5.69 Å². The van der Waals surface area contributed by atoms with Gasteiger partial charge in [0.25, 0.3) is 0 Å². The number of methoxy groups -OCH3 is 1. The molecule has 0 unspecified atom stereocenters. The van der Waals surface area contributed by atoms with Crippen molar-refractivity contribution in [1.29, 1.82) is 0 Å². The average Bonchev–Trinajstić information content (AvgIpc) is 2.85. The summed E-state index contributed by atoms with van der Waals surface area (Å²) >= 11 is 6.03. The Labute approximate surface area is 128 Å². The van der Waals surface area contributed by atoms with E-state index in [1.807, 2.05) is 12.1 Å². The number of carbonyl (C=O) groups is 1. The fraction of sp³-hybridized carbons (Fsp3) is 0.200. The zero-order chi connectivity index (χ0) is 15.2. The average molecular weight is 306 g/mol. The molecule has 1 aromatic carbocycles. The standard InChI is InChI=1S/C15H16ClN3O2/c1-21-9-8-19-15(13(16)10-18-19)14(20)7-4-11-2-5-12(17)6-3-11/h2-7,10H,8-9,17H2,1H3/b7-4+. The minimum absolute atomic E-state index is 0.203. The van der Waals surface area contributed by atoms with Gasteiger partial charge in [-0.15, -0.1) is 0 Å². The molecule has 0 aliphatic heterocycles. The molecule has 5 nitrogen and oxygen atoms in total. The predicted octanol–water partition coefficient (Wildman–Crippen LogP) is 2.66. The molecule has 6 heteroatoms. The maximum absolute atomic E-state index is 12.3. The molecule has 2 N–H and O–H groups in total. The number of hydrogen-bond acceptors (Lipinski definition) is 4. The first-order chi connectivity index (χ1) is 10.1. The van der Waals surface area contributed by atoms with E-state index in [0.29, 0.717) is 29.6 Å². The number of nitrogens with two attached hydrogens (primary N) is 1. The molecule has 2 aromatic rings. The van der Waals surface area contributed by atoms with Gasteiger partial charge in [0.15, 0.2) is 0 Å². The van der Waals surface area contributed by atoms with Crippen molar-refractivity contribution in [2.75, 3.05) is 19.5 Å². The first-order valence-electron chi connectivity index (χ1n) is 6.40. The van der Waals surface area contributed by atoms with Gasteiger partial charge in [0, 0.05) is 12.8 Å². The van der Waals surface area contributed by atoms with Crippen molar-refractivity contribution in [3.05, 3.63) is 52.8 Å². The Morgan fingerprint density at radius 3 is 2.81 bits per heavy atom. The lowest BCUT2D eigenvalue weighted by molar-refractivity contribution is 0.103. The summed E-state index contributed by atoms with van der Waals surface area (Å²) in [5.74, 6) is -0.203. The lowest BCUT2D eigenvalue weighted by Crippen LogP contribution is -2.12. The number of benzene rings is 1. The molecule has 1 aromatic heterocycles. The van der Waals surface area contributed by atoms with Crippen LogP contribution >= 0.6 is 11.6 Å². The summed E-state index contributed by atoms with van der Waals surface area (Å²) in [6, 6.07) is 7.23. The van der Waals surface area contributed by atoms with E-state index in [-0.39, 0.29) is 5.78 Å². The zero-order valence-corrected chi connectivity index (χ0v) is 12.4. The van der Waals surface area contributed by atoms with Gasteiger partial charge in [-0.2, -0.15) is 5.10 Å². The van der Waals surface area contributed by atoms with Crippen molar-refractivity contribution in [2.45, 2.75) is 6.54 Å². The molecule has 0 saturated carbocycles.